The molecule has 0 radical (unpaired) electrons. The summed E-state index contributed by atoms with van der Waals surface area (Å²) in [5.41, 5.74) is 7.39. The van der Waals surface area contributed by atoms with Gasteiger partial charge in [-0.2, -0.15) is 12.6 Å². The molecule has 0 aliphatic rings. The normalized spacial score (nSPS) is 9.12. The van der Waals surface area contributed by atoms with Gasteiger partial charge in [-0.05, 0) is 18.2 Å². The van der Waals surface area contributed by atoms with E-state index in [2.05, 4.69) is 29.2 Å². The molecule has 4 heteroatoms. The number of thiol groups is 1. The molecule has 84 valence electrons. The van der Waals surface area contributed by atoms with E-state index in [9.17, 15) is 4.79 Å². The maximum atomic E-state index is 11.3. The summed E-state index contributed by atoms with van der Waals surface area (Å²) in [6, 6.07) is 4.90. The highest BCUT2D eigenvalue weighted by atomic mass is 32.1. The Hall–Kier alpha value is -1.60. The Morgan fingerprint density at radius 1 is 1.56 bits per heavy atom. The zero-order chi connectivity index (χ0) is 12.0. The van der Waals surface area contributed by atoms with Gasteiger partial charge in [0.2, 0.25) is 0 Å². The summed E-state index contributed by atoms with van der Waals surface area (Å²) in [4.78, 5) is 11.3. The zero-order valence-corrected chi connectivity index (χ0v) is 9.88. The monoisotopic (exact) mass is 235 g/mol. The second-order valence-corrected chi connectivity index (χ2v) is 3.52. The fourth-order valence-electron chi connectivity index (χ4n) is 1.12. The van der Waals surface area contributed by atoms with Crippen LogP contribution in [0.3, 0.4) is 0 Å². The van der Waals surface area contributed by atoms with Crippen molar-refractivity contribution in [3.63, 3.8) is 0 Å². The predicted molar refractivity (Wildman–Crippen MR) is 67.5 cm³/mol. The van der Waals surface area contributed by atoms with Crippen molar-refractivity contribution in [3.05, 3.63) is 29.3 Å². The predicted octanol–water partition coefficient (Wildman–Crippen LogP) is 1.73. The first kappa shape index (κ1) is 12.5. The number of carbonyl (C=O) groups is 1. The quantitative estimate of drug-likeness (QED) is 0.355. The molecule has 0 aliphatic carbocycles. The molecule has 0 aromatic heterocycles. The van der Waals surface area contributed by atoms with E-state index >= 15 is 0 Å². The number of anilines is 1. The molecule has 1 aromatic rings. The van der Waals surface area contributed by atoms with Crippen LogP contribution in [-0.2, 0) is 4.74 Å². The molecule has 2 N–H and O–H groups in total. The van der Waals surface area contributed by atoms with Crippen molar-refractivity contribution in [1.29, 1.82) is 0 Å². The van der Waals surface area contributed by atoms with Gasteiger partial charge in [-0.3, -0.25) is 0 Å². The smallest absolute Gasteiger partial charge is 0.337 e. The molecular weight excluding hydrogens is 222 g/mol. The molecule has 0 amide bonds. The summed E-state index contributed by atoms with van der Waals surface area (Å²) >= 11 is 4.05. The van der Waals surface area contributed by atoms with Crippen molar-refractivity contribution in [2.75, 3.05) is 18.6 Å². The van der Waals surface area contributed by atoms with Crippen LogP contribution in [0.4, 0.5) is 5.69 Å². The molecule has 3 nitrogen and oxygen atoms in total. The maximum absolute atomic E-state index is 11.3. The lowest BCUT2D eigenvalue weighted by molar-refractivity contribution is 0.0600. The minimum absolute atomic E-state index is 0.391. The lowest BCUT2D eigenvalue weighted by Crippen LogP contribution is -2.02. The third-order valence-electron chi connectivity index (χ3n) is 1.93. The first-order chi connectivity index (χ1) is 7.69. The van der Waals surface area contributed by atoms with Crippen molar-refractivity contribution < 1.29 is 9.53 Å². The van der Waals surface area contributed by atoms with Crippen LogP contribution in [0.1, 0.15) is 22.3 Å². The molecule has 0 unspecified atom stereocenters. The van der Waals surface area contributed by atoms with Crippen molar-refractivity contribution in [1.82, 2.24) is 0 Å². The van der Waals surface area contributed by atoms with Gasteiger partial charge < -0.3 is 10.5 Å². The van der Waals surface area contributed by atoms with E-state index in [4.69, 9.17) is 5.73 Å². The second kappa shape index (κ2) is 6.09. The Morgan fingerprint density at radius 2 is 2.31 bits per heavy atom. The van der Waals surface area contributed by atoms with Crippen LogP contribution in [0.25, 0.3) is 0 Å². The molecule has 0 atom stereocenters. The summed E-state index contributed by atoms with van der Waals surface area (Å²) in [5.74, 6) is 6.13. The molecule has 0 fully saturated rings. The molecule has 1 rings (SSSR count). The Morgan fingerprint density at radius 3 is 2.94 bits per heavy atom. The van der Waals surface area contributed by atoms with Gasteiger partial charge in [-0.25, -0.2) is 4.79 Å². The maximum Gasteiger partial charge on any atom is 0.337 e. The second-order valence-electron chi connectivity index (χ2n) is 3.07. The Labute approximate surface area is 100 Å². The van der Waals surface area contributed by atoms with E-state index in [-0.39, 0.29) is 0 Å². The lowest BCUT2D eigenvalue weighted by Gasteiger charge is -2.02. The van der Waals surface area contributed by atoms with Crippen molar-refractivity contribution in [3.8, 4) is 11.8 Å². The van der Waals surface area contributed by atoms with E-state index in [0.717, 1.165) is 0 Å². The topological polar surface area (TPSA) is 52.3 Å². The van der Waals surface area contributed by atoms with Crippen LogP contribution in [0.5, 0.6) is 0 Å². The summed E-state index contributed by atoms with van der Waals surface area (Å²) in [7, 11) is 1.34. The van der Waals surface area contributed by atoms with E-state index in [1.54, 1.807) is 18.2 Å². The first-order valence-electron chi connectivity index (χ1n) is 4.76. The number of nitrogen functional groups attached to an aromatic ring is 1. The summed E-state index contributed by atoms with van der Waals surface area (Å²) in [5, 5.41) is 0. The number of carbonyl (C=O) groups excluding carboxylic acids is 1. The number of methoxy groups -OCH3 is 1. The highest BCUT2D eigenvalue weighted by Crippen LogP contribution is 2.13. The van der Waals surface area contributed by atoms with Gasteiger partial charge in [0, 0.05) is 23.4 Å². The van der Waals surface area contributed by atoms with Gasteiger partial charge in [-0.1, -0.05) is 11.8 Å². The van der Waals surface area contributed by atoms with E-state index in [1.807, 2.05) is 0 Å². The molecule has 0 heterocycles. The summed E-state index contributed by atoms with van der Waals surface area (Å²) in [6.45, 7) is 0. The average Bonchev–Trinajstić information content (AvgIpc) is 2.31. The highest BCUT2D eigenvalue weighted by molar-refractivity contribution is 7.80. The molecule has 0 aliphatic heterocycles. The fourth-order valence-corrected chi connectivity index (χ4v) is 1.23. The SMILES string of the molecule is COC(=O)c1ccc(N)c(C#CCCS)c1. The van der Waals surface area contributed by atoms with Crippen molar-refractivity contribution in [2.45, 2.75) is 6.42 Å². The fraction of sp³-hybridized carbons (Fsp3) is 0.250. The van der Waals surface area contributed by atoms with E-state index in [1.165, 1.54) is 7.11 Å². The van der Waals surface area contributed by atoms with Crippen LogP contribution in [0.15, 0.2) is 18.2 Å². The third-order valence-corrected chi connectivity index (χ3v) is 2.16. The lowest BCUT2D eigenvalue weighted by atomic mass is 10.1. The molecule has 0 saturated carbocycles. The molecule has 0 saturated heterocycles. The first-order valence-corrected chi connectivity index (χ1v) is 5.40. The van der Waals surface area contributed by atoms with E-state index < -0.39 is 5.97 Å². The van der Waals surface area contributed by atoms with Crippen LogP contribution in [-0.4, -0.2) is 18.8 Å². The van der Waals surface area contributed by atoms with Gasteiger partial charge in [0.1, 0.15) is 0 Å². The Kier molecular flexibility index (Phi) is 4.74. The van der Waals surface area contributed by atoms with Gasteiger partial charge in [0.25, 0.3) is 0 Å². The van der Waals surface area contributed by atoms with Gasteiger partial charge in [-0.15, -0.1) is 0 Å². The number of esters is 1. The number of ether oxygens (including phenoxy) is 1. The Bertz CT molecular complexity index is 446. The van der Waals surface area contributed by atoms with E-state index in [0.29, 0.717) is 29.0 Å². The van der Waals surface area contributed by atoms with Crippen molar-refractivity contribution >= 4 is 24.3 Å². The average molecular weight is 235 g/mol. The molecule has 1 aromatic carbocycles. The minimum Gasteiger partial charge on any atom is -0.465 e. The highest BCUT2D eigenvalue weighted by Gasteiger charge is 2.06. The molecular formula is C12H13NO2S. The summed E-state index contributed by atoms with van der Waals surface area (Å²) < 4.78 is 4.62. The number of hydrogen-bond acceptors (Lipinski definition) is 4. The van der Waals surface area contributed by atoms with Crippen LogP contribution in [0, 0.1) is 11.8 Å². The van der Waals surface area contributed by atoms with Crippen LogP contribution in [0.2, 0.25) is 0 Å². The van der Waals surface area contributed by atoms with Gasteiger partial charge in [0.05, 0.1) is 12.7 Å². The van der Waals surface area contributed by atoms with Gasteiger partial charge >= 0.3 is 5.97 Å². The largest absolute Gasteiger partial charge is 0.465 e. The molecule has 0 spiro atoms. The molecule has 0 bridgehead atoms. The molecule has 16 heavy (non-hydrogen) atoms. The summed E-state index contributed by atoms with van der Waals surface area (Å²) in [6.07, 6.45) is 0.686. The number of hydrogen-bond donors (Lipinski definition) is 2. The zero-order valence-electron chi connectivity index (χ0n) is 8.99. The minimum atomic E-state index is -0.391. The number of rotatable bonds is 2. The van der Waals surface area contributed by atoms with Crippen molar-refractivity contribution in [2.24, 2.45) is 0 Å². The third kappa shape index (κ3) is 3.21. The standard InChI is InChI=1S/C12H13NO2S/c1-15-12(14)10-5-6-11(13)9(8-10)4-2-3-7-16/h5-6,8,16H,3,7,13H2,1H3. The Balaban J connectivity index is 3.01. The number of nitrogens with two attached hydrogens (primary N) is 1. The van der Waals surface area contributed by atoms with Gasteiger partial charge in [0.15, 0.2) is 0 Å². The number of benzene rings is 1. The van der Waals surface area contributed by atoms with Crippen LogP contribution >= 0.6 is 12.6 Å². The van der Waals surface area contributed by atoms with Crippen LogP contribution < -0.4 is 5.73 Å².